The number of carboxylic acid groups (broad SMARTS) is 1. The maximum absolute atomic E-state index is 11.8. The minimum atomic E-state index is -0.758. The number of nitrogens with zero attached hydrogens (tertiary/aromatic N) is 2. The molecule has 2 aromatic rings. The highest BCUT2D eigenvalue weighted by atomic mass is 16.5. The number of benzene rings is 1. The van der Waals surface area contributed by atoms with Crippen molar-refractivity contribution in [3.63, 3.8) is 0 Å². The van der Waals surface area contributed by atoms with E-state index in [2.05, 4.69) is 9.88 Å². The predicted octanol–water partition coefficient (Wildman–Crippen LogP) is 3.51. The van der Waals surface area contributed by atoms with Crippen molar-refractivity contribution in [3.8, 4) is 5.75 Å². The van der Waals surface area contributed by atoms with Crippen LogP contribution in [0.4, 0.5) is 0 Å². The van der Waals surface area contributed by atoms with E-state index < -0.39 is 12.0 Å². The summed E-state index contributed by atoms with van der Waals surface area (Å²) in [6, 6.07) is 13.0. The van der Waals surface area contributed by atoms with E-state index in [-0.39, 0.29) is 6.04 Å². The molecule has 5 heteroatoms. The van der Waals surface area contributed by atoms with Crippen LogP contribution in [0.5, 0.6) is 5.75 Å². The highest BCUT2D eigenvalue weighted by Crippen LogP contribution is 2.34. The third kappa shape index (κ3) is 3.99. The van der Waals surface area contributed by atoms with Crippen LogP contribution in [0.2, 0.25) is 0 Å². The molecule has 2 unspecified atom stereocenters. The van der Waals surface area contributed by atoms with Crippen LogP contribution in [0.15, 0.2) is 48.7 Å². The molecule has 132 valence electrons. The molecule has 0 aliphatic carbocycles. The number of aromatic nitrogens is 1. The average Bonchev–Trinajstić information content (AvgIpc) is 2.65. The Balaban J connectivity index is 1.99. The first kappa shape index (κ1) is 17.4. The van der Waals surface area contributed by atoms with Gasteiger partial charge in [-0.15, -0.1) is 0 Å². The van der Waals surface area contributed by atoms with Crippen LogP contribution in [0.25, 0.3) is 0 Å². The lowest BCUT2D eigenvalue weighted by molar-refractivity contribution is -0.145. The molecular formula is C20H24N2O3. The van der Waals surface area contributed by atoms with E-state index in [1.807, 2.05) is 49.4 Å². The molecule has 5 nitrogen and oxygen atoms in total. The Hall–Kier alpha value is -2.40. The van der Waals surface area contributed by atoms with Gasteiger partial charge in [0.1, 0.15) is 11.8 Å². The molecule has 0 amide bonds. The van der Waals surface area contributed by atoms with Gasteiger partial charge in [-0.05, 0) is 56.1 Å². The van der Waals surface area contributed by atoms with E-state index >= 15 is 0 Å². The van der Waals surface area contributed by atoms with Crippen molar-refractivity contribution in [2.45, 2.75) is 38.3 Å². The van der Waals surface area contributed by atoms with Crippen LogP contribution in [-0.4, -0.2) is 40.2 Å². The fraction of sp³-hybridized carbons (Fsp3) is 0.400. The zero-order chi connectivity index (χ0) is 17.6. The molecule has 0 saturated carbocycles. The molecule has 1 aromatic heterocycles. The highest BCUT2D eigenvalue weighted by molar-refractivity contribution is 5.73. The second kappa shape index (κ2) is 8.12. The standard InChI is InChI=1S/C20H24N2O3/c1-2-25-16-11-9-15(10-12-16)19(17-7-3-5-13-21-17)22-14-6-4-8-18(22)20(23)24/h3,5,7,9-13,18-19H,2,4,6,8,14H2,1H3,(H,23,24). The number of likely N-dealkylation sites (tertiary alicyclic amines) is 1. The lowest BCUT2D eigenvalue weighted by Gasteiger charge is -2.39. The minimum Gasteiger partial charge on any atom is -0.494 e. The first-order valence-corrected chi connectivity index (χ1v) is 8.83. The molecule has 0 bridgehead atoms. The van der Waals surface area contributed by atoms with Crippen LogP contribution >= 0.6 is 0 Å². The molecule has 0 radical (unpaired) electrons. The summed E-state index contributed by atoms with van der Waals surface area (Å²) in [6.45, 7) is 3.33. The van der Waals surface area contributed by atoms with Gasteiger partial charge in [-0.3, -0.25) is 14.7 Å². The predicted molar refractivity (Wildman–Crippen MR) is 95.7 cm³/mol. The van der Waals surface area contributed by atoms with Gasteiger partial charge in [0.15, 0.2) is 0 Å². The number of carboxylic acids is 1. The van der Waals surface area contributed by atoms with Crippen molar-refractivity contribution < 1.29 is 14.6 Å². The normalized spacial score (nSPS) is 19.3. The Labute approximate surface area is 148 Å². The Kier molecular flexibility index (Phi) is 5.66. The summed E-state index contributed by atoms with van der Waals surface area (Å²) in [6.07, 6.45) is 4.39. The van der Waals surface area contributed by atoms with E-state index in [4.69, 9.17) is 4.74 Å². The van der Waals surface area contributed by atoms with Gasteiger partial charge in [0.25, 0.3) is 0 Å². The first-order valence-electron chi connectivity index (χ1n) is 8.83. The molecule has 1 saturated heterocycles. The van der Waals surface area contributed by atoms with Gasteiger partial charge in [0, 0.05) is 6.20 Å². The summed E-state index contributed by atoms with van der Waals surface area (Å²) in [5.74, 6) is 0.0611. The zero-order valence-corrected chi connectivity index (χ0v) is 14.5. The van der Waals surface area contributed by atoms with Gasteiger partial charge >= 0.3 is 5.97 Å². The summed E-state index contributed by atoms with van der Waals surface area (Å²) >= 11 is 0. The van der Waals surface area contributed by atoms with Crippen LogP contribution in [-0.2, 0) is 4.79 Å². The zero-order valence-electron chi connectivity index (χ0n) is 14.5. The molecule has 0 spiro atoms. The lowest BCUT2D eigenvalue weighted by Crippen LogP contribution is -2.47. The van der Waals surface area contributed by atoms with Crippen LogP contribution in [0.1, 0.15) is 43.5 Å². The Morgan fingerprint density at radius 3 is 2.72 bits per heavy atom. The van der Waals surface area contributed by atoms with Gasteiger partial charge in [-0.2, -0.15) is 0 Å². The molecule has 2 atom stereocenters. The summed E-state index contributed by atoms with van der Waals surface area (Å²) in [7, 11) is 0. The minimum absolute atomic E-state index is 0.168. The fourth-order valence-electron chi connectivity index (χ4n) is 3.51. The molecule has 3 rings (SSSR count). The third-order valence-corrected chi connectivity index (χ3v) is 4.64. The average molecular weight is 340 g/mol. The molecule has 1 fully saturated rings. The number of hydrogen-bond acceptors (Lipinski definition) is 4. The molecule has 1 aromatic carbocycles. The Morgan fingerprint density at radius 2 is 2.08 bits per heavy atom. The highest BCUT2D eigenvalue weighted by Gasteiger charge is 2.35. The lowest BCUT2D eigenvalue weighted by atomic mass is 9.94. The summed E-state index contributed by atoms with van der Waals surface area (Å²) < 4.78 is 5.53. The second-order valence-corrected chi connectivity index (χ2v) is 6.25. The van der Waals surface area contributed by atoms with Crippen molar-refractivity contribution in [1.29, 1.82) is 0 Å². The maximum Gasteiger partial charge on any atom is 0.320 e. The number of pyridine rings is 1. The van der Waals surface area contributed by atoms with Crippen molar-refractivity contribution in [2.24, 2.45) is 0 Å². The number of aliphatic carboxylic acids is 1. The van der Waals surface area contributed by atoms with E-state index in [0.717, 1.165) is 36.4 Å². The number of hydrogen-bond donors (Lipinski definition) is 1. The van der Waals surface area contributed by atoms with Crippen molar-refractivity contribution in [3.05, 3.63) is 59.9 Å². The summed E-state index contributed by atoms with van der Waals surface area (Å²) in [5, 5.41) is 9.68. The number of carbonyl (C=O) groups is 1. The molecule has 1 aliphatic heterocycles. The Bertz CT molecular complexity index is 688. The third-order valence-electron chi connectivity index (χ3n) is 4.64. The van der Waals surface area contributed by atoms with Gasteiger partial charge < -0.3 is 9.84 Å². The molecular weight excluding hydrogens is 316 g/mol. The van der Waals surface area contributed by atoms with Crippen LogP contribution in [0.3, 0.4) is 0 Å². The molecule has 2 heterocycles. The SMILES string of the molecule is CCOc1ccc(C(c2ccccn2)N2CCCCC2C(=O)O)cc1. The van der Waals surface area contributed by atoms with Crippen molar-refractivity contribution in [1.82, 2.24) is 9.88 Å². The smallest absolute Gasteiger partial charge is 0.320 e. The monoisotopic (exact) mass is 340 g/mol. The largest absolute Gasteiger partial charge is 0.494 e. The number of piperidine rings is 1. The first-order chi connectivity index (χ1) is 12.2. The molecule has 1 N–H and O–H groups in total. The second-order valence-electron chi connectivity index (χ2n) is 6.25. The summed E-state index contributed by atoms with van der Waals surface area (Å²) in [5.41, 5.74) is 1.91. The van der Waals surface area contributed by atoms with E-state index in [0.29, 0.717) is 13.0 Å². The number of rotatable bonds is 6. The maximum atomic E-state index is 11.8. The van der Waals surface area contributed by atoms with Gasteiger partial charge in [-0.1, -0.05) is 24.6 Å². The topological polar surface area (TPSA) is 62.7 Å². The van der Waals surface area contributed by atoms with Gasteiger partial charge in [-0.25, -0.2) is 0 Å². The van der Waals surface area contributed by atoms with Crippen molar-refractivity contribution >= 4 is 5.97 Å². The summed E-state index contributed by atoms with van der Waals surface area (Å²) in [4.78, 5) is 18.4. The van der Waals surface area contributed by atoms with E-state index in [1.165, 1.54) is 0 Å². The van der Waals surface area contributed by atoms with E-state index in [9.17, 15) is 9.90 Å². The molecule has 1 aliphatic rings. The quantitative estimate of drug-likeness (QED) is 0.872. The van der Waals surface area contributed by atoms with Gasteiger partial charge in [0.05, 0.1) is 18.3 Å². The fourth-order valence-corrected chi connectivity index (χ4v) is 3.51. The Morgan fingerprint density at radius 1 is 1.28 bits per heavy atom. The molecule has 25 heavy (non-hydrogen) atoms. The number of ether oxygens (including phenoxy) is 1. The van der Waals surface area contributed by atoms with Crippen LogP contribution < -0.4 is 4.74 Å². The van der Waals surface area contributed by atoms with Crippen molar-refractivity contribution in [2.75, 3.05) is 13.2 Å². The van der Waals surface area contributed by atoms with Gasteiger partial charge in [0.2, 0.25) is 0 Å². The van der Waals surface area contributed by atoms with Crippen LogP contribution in [0, 0.1) is 0 Å². The van der Waals surface area contributed by atoms with E-state index in [1.54, 1.807) is 6.20 Å².